The Balaban J connectivity index is 1.58. The summed E-state index contributed by atoms with van der Waals surface area (Å²) in [6, 6.07) is 12.3. The Morgan fingerprint density at radius 2 is 1.88 bits per heavy atom. The van der Waals surface area contributed by atoms with Crippen molar-refractivity contribution in [2.45, 2.75) is 37.6 Å². The molecule has 2 aromatic rings. The van der Waals surface area contributed by atoms with E-state index >= 15 is 0 Å². The molecule has 1 N–H and O–H groups in total. The molecule has 1 saturated heterocycles. The molecule has 0 unspecified atom stereocenters. The van der Waals surface area contributed by atoms with Gasteiger partial charge in [-0.15, -0.1) is 0 Å². The molecule has 3 rings (SSSR count). The van der Waals surface area contributed by atoms with Crippen molar-refractivity contribution in [2.24, 2.45) is 0 Å². The van der Waals surface area contributed by atoms with Gasteiger partial charge in [-0.05, 0) is 55.7 Å². The molecule has 1 aliphatic heterocycles. The molecule has 0 bridgehead atoms. The fraction of sp³-hybridized carbons (Fsp3) is 0.458. The Kier molecular flexibility index (Phi) is 8.71. The maximum absolute atomic E-state index is 13.0. The summed E-state index contributed by atoms with van der Waals surface area (Å²) < 4.78 is 43.8. The SMILES string of the molecule is COc1ccc(S(=O)(=O)N2CCOCC2)cc1CCC(=O)N[C@@H](C)COc1ccccc1C. The lowest BCUT2D eigenvalue weighted by Crippen LogP contribution is -2.40. The van der Waals surface area contributed by atoms with Gasteiger partial charge in [-0.1, -0.05) is 18.2 Å². The fourth-order valence-corrected chi connectivity index (χ4v) is 5.08. The van der Waals surface area contributed by atoms with Crippen molar-refractivity contribution in [3.8, 4) is 11.5 Å². The number of hydrogen-bond acceptors (Lipinski definition) is 6. The summed E-state index contributed by atoms with van der Waals surface area (Å²) >= 11 is 0. The standard InChI is InChI=1S/C24H32N2O6S/c1-18-6-4-5-7-22(18)32-17-19(2)25-24(27)11-8-20-16-21(9-10-23(20)30-3)33(28,29)26-12-14-31-15-13-26/h4-7,9-10,16,19H,8,11-15,17H2,1-3H3,(H,25,27)/t19-/m0/s1. The van der Waals surface area contributed by atoms with Crippen molar-refractivity contribution >= 4 is 15.9 Å². The summed E-state index contributed by atoms with van der Waals surface area (Å²) in [7, 11) is -2.10. The number of sulfonamides is 1. The van der Waals surface area contributed by atoms with Gasteiger partial charge in [0, 0.05) is 19.5 Å². The predicted octanol–water partition coefficient (Wildman–Crippen LogP) is 2.54. The van der Waals surface area contributed by atoms with Gasteiger partial charge in [-0.25, -0.2) is 8.42 Å². The molecule has 1 aliphatic rings. The first-order valence-electron chi connectivity index (χ1n) is 11.0. The van der Waals surface area contributed by atoms with Crippen LogP contribution in [0.25, 0.3) is 0 Å². The van der Waals surface area contributed by atoms with Crippen LogP contribution in [-0.4, -0.2) is 64.7 Å². The molecule has 1 fully saturated rings. The molecule has 180 valence electrons. The zero-order chi connectivity index (χ0) is 23.8. The Labute approximate surface area is 195 Å². The molecule has 9 heteroatoms. The first-order valence-corrected chi connectivity index (χ1v) is 12.5. The molecular weight excluding hydrogens is 444 g/mol. The largest absolute Gasteiger partial charge is 0.496 e. The van der Waals surface area contributed by atoms with E-state index in [1.807, 2.05) is 38.1 Å². The molecule has 8 nitrogen and oxygen atoms in total. The van der Waals surface area contributed by atoms with E-state index in [1.165, 1.54) is 17.5 Å². The van der Waals surface area contributed by atoms with Crippen molar-refractivity contribution in [3.63, 3.8) is 0 Å². The number of para-hydroxylation sites is 1. The average molecular weight is 477 g/mol. The summed E-state index contributed by atoms with van der Waals surface area (Å²) in [6.07, 6.45) is 0.555. The highest BCUT2D eigenvalue weighted by molar-refractivity contribution is 7.89. The minimum absolute atomic E-state index is 0.139. The van der Waals surface area contributed by atoms with Crippen LogP contribution in [0.1, 0.15) is 24.5 Å². The first-order chi connectivity index (χ1) is 15.8. The molecule has 0 aliphatic carbocycles. The number of nitrogens with one attached hydrogen (secondary N) is 1. The molecule has 0 saturated carbocycles. The highest BCUT2D eigenvalue weighted by atomic mass is 32.2. The Morgan fingerprint density at radius 1 is 1.15 bits per heavy atom. The van der Waals surface area contributed by atoms with Crippen LogP contribution in [0.2, 0.25) is 0 Å². The van der Waals surface area contributed by atoms with E-state index in [2.05, 4.69) is 5.32 Å². The number of morpholine rings is 1. The topological polar surface area (TPSA) is 94.2 Å². The molecule has 0 spiro atoms. The zero-order valence-corrected chi connectivity index (χ0v) is 20.2. The maximum atomic E-state index is 13.0. The van der Waals surface area contributed by atoms with Crippen LogP contribution in [0, 0.1) is 6.92 Å². The number of methoxy groups -OCH3 is 1. The molecule has 33 heavy (non-hydrogen) atoms. The van der Waals surface area contributed by atoms with Crippen LogP contribution in [0.15, 0.2) is 47.4 Å². The van der Waals surface area contributed by atoms with E-state index in [9.17, 15) is 13.2 Å². The third kappa shape index (κ3) is 6.69. The minimum atomic E-state index is -3.62. The third-order valence-corrected chi connectivity index (χ3v) is 7.37. The lowest BCUT2D eigenvalue weighted by atomic mass is 10.1. The predicted molar refractivity (Wildman–Crippen MR) is 125 cm³/mol. The van der Waals surface area contributed by atoms with Gasteiger partial charge in [0.1, 0.15) is 18.1 Å². The van der Waals surface area contributed by atoms with Crippen LogP contribution >= 0.6 is 0 Å². The molecule has 1 heterocycles. The van der Waals surface area contributed by atoms with Crippen LogP contribution in [0.3, 0.4) is 0 Å². The van der Waals surface area contributed by atoms with E-state index in [0.717, 1.165) is 11.3 Å². The lowest BCUT2D eigenvalue weighted by Gasteiger charge is -2.26. The number of nitrogens with zero attached hydrogens (tertiary/aromatic N) is 1. The number of benzene rings is 2. The highest BCUT2D eigenvalue weighted by Crippen LogP contribution is 2.26. The van der Waals surface area contributed by atoms with Gasteiger partial charge in [0.05, 0.1) is 31.3 Å². The number of ether oxygens (including phenoxy) is 3. The van der Waals surface area contributed by atoms with Gasteiger partial charge in [0.15, 0.2) is 0 Å². The van der Waals surface area contributed by atoms with Crippen molar-refractivity contribution in [1.29, 1.82) is 0 Å². The van der Waals surface area contributed by atoms with E-state index in [-0.39, 0.29) is 23.3 Å². The van der Waals surface area contributed by atoms with Crippen molar-refractivity contribution in [2.75, 3.05) is 40.0 Å². The maximum Gasteiger partial charge on any atom is 0.243 e. The molecular formula is C24H32N2O6S. The number of carbonyl (C=O) groups excluding carboxylic acids is 1. The normalized spacial score (nSPS) is 15.6. The van der Waals surface area contributed by atoms with Gasteiger partial charge < -0.3 is 19.5 Å². The van der Waals surface area contributed by atoms with E-state index in [1.54, 1.807) is 12.1 Å². The second kappa shape index (κ2) is 11.5. The second-order valence-electron chi connectivity index (χ2n) is 8.04. The van der Waals surface area contributed by atoms with Gasteiger partial charge in [0.25, 0.3) is 0 Å². The summed E-state index contributed by atoms with van der Waals surface area (Å²) in [5.41, 5.74) is 1.71. The quantitative estimate of drug-likeness (QED) is 0.566. The number of aryl methyl sites for hydroxylation is 2. The number of hydrogen-bond donors (Lipinski definition) is 1. The Bertz CT molecular complexity index is 1050. The highest BCUT2D eigenvalue weighted by Gasteiger charge is 2.27. The lowest BCUT2D eigenvalue weighted by molar-refractivity contribution is -0.121. The van der Waals surface area contributed by atoms with E-state index < -0.39 is 10.0 Å². The molecule has 0 radical (unpaired) electrons. The van der Waals surface area contributed by atoms with Crippen molar-refractivity contribution in [1.82, 2.24) is 9.62 Å². The smallest absolute Gasteiger partial charge is 0.243 e. The summed E-state index contributed by atoms with van der Waals surface area (Å²) in [4.78, 5) is 12.7. The van der Waals surface area contributed by atoms with E-state index in [4.69, 9.17) is 14.2 Å². The van der Waals surface area contributed by atoms with Gasteiger partial charge in [-0.3, -0.25) is 4.79 Å². The van der Waals surface area contributed by atoms with Crippen LogP contribution in [0.4, 0.5) is 0 Å². The summed E-state index contributed by atoms with van der Waals surface area (Å²) in [5, 5.41) is 2.93. The third-order valence-electron chi connectivity index (χ3n) is 5.47. The van der Waals surface area contributed by atoms with Crippen molar-refractivity contribution in [3.05, 3.63) is 53.6 Å². The van der Waals surface area contributed by atoms with Crippen molar-refractivity contribution < 1.29 is 27.4 Å². The van der Waals surface area contributed by atoms with Crippen LogP contribution in [-0.2, 0) is 26.0 Å². The Morgan fingerprint density at radius 3 is 2.58 bits per heavy atom. The number of carbonyl (C=O) groups is 1. The molecule has 1 amide bonds. The number of rotatable bonds is 10. The summed E-state index contributed by atoms with van der Waals surface area (Å²) in [5.74, 6) is 1.21. The van der Waals surface area contributed by atoms with Crippen LogP contribution < -0.4 is 14.8 Å². The first kappa shape index (κ1) is 25.0. The average Bonchev–Trinajstić information content (AvgIpc) is 2.82. The van der Waals surface area contributed by atoms with E-state index in [0.29, 0.717) is 50.6 Å². The fourth-order valence-electron chi connectivity index (χ4n) is 3.62. The monoisotopic (exact) mass is 476 g/mol. The van der Waals surface area contributed by atoms with Gasteiger partial charge in [0.2, 0.25) is 15.9 Å². The number of amides is 1. The minimum Gasteiger partial charge on any atom is -0.496 e. The van der Waals surface area contributed by atoms with Gasteiger partial charge in [-0.2, -0.15) is 4.31 Å². The second-order valence-corrected chi connectivity index (χ2v) is 9.97. The molecule has 1 atom stereocenters. The summed E-state index contributed by atoms with van der Waals surface area (Å²) in [6.45, 7) is 5.63. The zero-order valence-electron chi connectivity index (χ0n) is 19.4. The van der Waals surface area contributed by atoms with Gasteiger partial charge >= 0.3 is 0 Å². The van der Waals surface area contributed by atoms with Crippen LogP contribution in [0.5, 0.6) is 11.5 Å². The Hall–Kier alpha value is -2.62. The molecule has 2 aromatic carbocycles. The molecule has 0 aromatic heterocycles.